The van der Waals surface area contributed by atoms with Gasteiger partial charge in [-0.1, -0.05) is 31.2 Å². The first-order valence-electron chi connectivity index (χ1n) is 7.18. The molecule has 0 spiro atoms. The zero-order valence-electron chi connectivity index (χ0n) is 12.7. The number of benzene rings is 1. The van der Waals surface area contributed by atoms with E-state index in [9.17, 15) is 0 Å². The Morgan fingerprint density at radius 2 is 2.10 bits per heavy atom. The summed E-state index contributed by atoms with van der Waals surface area (Å²) >= 11 is 1.65. The number of rotatable bonds is 7. The SMILES string of the molecule is CCCc1c(NCC)ncnc1Sc1cccc(OC)c1. The van der Waals surface area contributed by atoms with Crippen LogP contribution in [0.3, 0.4) is 0 Å². The van der Waals surface area contributed by atoms with E-state index in [-0.39, 0.29) is 0 Å². The van der Waals surface area contributed by atoms with Crippen LogP contribution in [0, 0.1) is 0 Å². The van der Waals surface area contributed by atoms with E-state index in [1.54, 1.807) is 25.2 Å². The highest BCUT2D eigenvalue weighted by Gasteiger charge is 2.12. The van der Waals surface area contributed by atoms with Crippen LogP contribution in [-0.4, -0.2) is 23.6 Å². The highest BCUT2D eigenvalue weighted by atomic mass is 32.2. The number of aromatic nitrogens is 2. The standard InChI is InChI=1S/C16H21N3OS/c1-4-7-14-15(17-5-2)18-11-19-16(14)21-13-9-6-8-12(10-13)20-3/h6,8-11H,4-5,7H2,1-3H3,(H,17,18,19). The Hall–Kier alpha value is -1.75. The number of hydrogen-bond acceptors (Lipinski definition) is 5. The smallest absolute Gasteiger partial charge is 0.133 e. The zero-order chi connectivity index (χ0) is 15.1. The molecule has 1 aromatic heterocycles. The van der Waals surface area contributed by atoms with Crippen molar-refractivity contribution in [3.63, 3.8) is 0 Å². The molecule has 0 saturated heterocycles. The fourth-order valence-electron chi connectivity index (χ4n) is 2.06. The fourth-order valence-corrected chi connectivity index (χ4v) is 3.02. The lowest BCUT2D eigenvalue weighted by molar-refractivity contribution is 0.413. The number of hydrogen-bond donors (Lipinski definition) is 1. The Labute approximate surface area is 130 Å². The van der Waals surface area contributed by atoms with Crippen molar-refractivity contribution in [3.05, 3.63) is 36.2 Å². The molecule has 0 saturated carbocycles. The van der Waals surface area contributed by atoms with Crippen LogP contribution >= 0.6 is 11.8 Å². The van der Waals surface area contributed by atoms with Crippen molar-refractivity contribution in [2.45, 2.75) is 36.6 Å². The van der Waals surface area contributed by atoms with E-state index < -0.39 is 0 Å². The van der Waals surface area contributed by atoms with E-state index in [0.717, 1.165) is 40.9 Å². The predicted molar refractivity (Wildman–Crippen MR) is 87.3 cm³/mol. The van der Waals surface area contributed by atoms with Gasteiger partial charge in [-0.15, -0.1) is 0 Å². The van der Waals surface area contributed by atoms with Crippen molar-refractivity contribution < 1.29 is 4.74 Å². The van der Waals surface area contributed by atoms with Crippen molar-refractivity contribution in [3.8, 4) is 5.75 Å². The van der Waals surface area contributed by atoms with E-state index in [2.05, 4.69) is 35.2 Å². The molecular formula is C16H21N3OS. The molecule has 0 amide bonds. The monoisotopic (exact) mass is 303 g/mol. The minimum absolute atomic E-state index is 0.858. The van der Waals surface area contributed by atoms with E-state index in [0.29, 0.717) is 0 Å². The minimum atomic E-state index is 0.858. The van der Waals surface area contributed by atoms with Crippen LogP contribution < -0.4 is 10.1 Å². The Morgan fingerprint density at radius 3 is 2.81 bits per heavy atom. The predicted octanol–water partition coefficient (Wildman–Crippen LogP) is 4.02. The van der Waals surface area contributed by atoms with Crippen LogP contribution in [0.15, 0.2) is 40.5 Å². The van der Waals surface area contributed by atoms with Gasteiger partial charge in [0.25, 0.3) is 0 Å². The van der Waals surface area contributed by atoms with Crippen molar-refractivity contribution >= 4 is 17.6 Å². The second kappa shape index (κ2) is 7.88. The van der Waals surface area contributed by atoms with Gasteiger partial charge in [0.2, 0.25) is 0 Å². The molecule has 21 heavy (non-hydrogen) atoms. The second-order valence-corrected chi connectivity index (χ2v) is 5.63. The third kappa shape index (κ3) is 4.11. The van der Waals surface area contributed by atoms with Gasteiger partial charge < -0.3 is 10.1 Å². The first kappa shape index (κ1) is 15.6. The molecular weight excluding hydrogens is 282 g/mol. The fraction of sp³-hybridized carbons (Fsp3) is 0.375. The van der Waals surface area contributed by atoms with Crippen LogP contribution in [0.1, 0.15) is 25.8 Å². The Kier molecular flexibility index (Phi) is 5.87. The summed E-state index contributed by atoms with van der Waals surface area (Å²) in [6.07, 6.45) is 3.66. The van der Waals surface area contributed by atoms with Gasteiger partial charge in [-0.3, -0.25) is 0 Å². The molecule has 4 nitrogen and oxygen atoms in total. The molecule has 2 aromatic rings. The molecule has 112 valence electrons. The van der Waals surface area contributed by atoms with Crippen molar-refractivity contribution in [1.29, 1.82) is 0 Å². The number of nitrogens with zero attached hydrogens (tertiary/aromatic N) is 2. The topological polar surface area (TPSA) is 47.0 Å². The molecule has 0 fully saturated rings. The third-order valence-electron chi connectivity index (χ3n) is 3.01. The van der Waals surface area contributed by atoms with Gasteiger partial charge in [-0.05, 0) is 31.5 Å². The first-order valence-corrected chi connectivity index (χ1v) is 7.99. The van der Waals surface area contributed by atoms with Gasteiger partial charge in [0.05, 0.1) is 7.11 Å². The summed E-state index contributed by atoms with van der Waals surface area (Å²) in [7, 11) is 1.68. The largest absolute Gasteiger partial charge is 0.497 e. The van der Waals surface area contributed by atoms with Crippen molar-refractivity contribution in [2.24, 2.45) is 0 Å². The number of methoxy groups -OCH3 is 1. The Balaban J connectivity index is 2.31. The van der Waals surface area contributed by atoms with Crippen LogP contribution in [0.25, 0.3) is 0 Å². The van der Waals surface area contributed by atoms with Gasteiger partial charge in [-0.25, -0.2) is 9.97 Å². The third-order valence-corrected chi connectivity index (χ3v) is 4.04. The molecule has 0 bridgehead atoms. The maximum atomic E-state index is 5.27. The summed E-state index contributed by atoms with van der Waals surface area (Å²) in [5.74, 6) is 1.80. The number of nitrogens with one attached hydrogen (secondary N) is 1. The molecule has 0 atom stereocenters. The normalized spacial score (nSPS) is 10.4. The quantitative estimate of drug-likeness (QED) is 0.783. The van der Waals surface area contributed by atoms with E-state index in [4.69, 9.17) is 4.74 Å². The van der Waals surface area contributed by atoms with Gasteiger partial charge in [0.1, 0.15) is 22.9 Å². The summed E-state index contributed by atoms with van der Waals surface area (Å²) in [5.41, 5.74) is 1.19. The minimum Gasteiger partial charge on any atom is -0.497 e. The summed E-state index contributed by atoms with van der Waals surface area (Å²) in [6, 6.07) is 8.03. The average Bonchev–Trinajstić information content (AvgIpc) is 2.51. The maximum absolute atomic E-state index is 5.27. The molecule has 0 radical (unpaired) electrons. The van der Waals surface area contributed by atoms with Crippen LogP contribution in [0.2, 0.25) is 0 Å². The van der Waals surface area contributed by atoms with Crippen LogP contribution in [-0.2, 0) is 6.42 Å². The lowest BCUT2D eigenvalue weighted by Crippen LogP contribution is -2.06. The molecule has 0 aliphatic carbocycles. The summed E-state index contributed by atoms with van der Waals surface area (Å²) in [6.45, 7) is 5.10. The molecule has 1 aromatic carbocycles. The van der Waals surface area contributed by atoms with Crippen LogP contribution in [0.4, 0.5) is 5.82 Å². The second-order valence-electron chi connectivity index (χ2n) is 4.57. The molecule has 0 aliphatic heterocycles. The van der Waals surface area contributed by atoms with E-state index in [1.165, 1.54) is 5.56 Å². The molecule has 5 heteroatoms. The highest BCUT2D eigenvalue weighted by molar-refractivity contribution is 7.99. The van der Waals surface area contributed by atoms with Gasteiger partial charge >= 0.3 is 0 Å². The maximum Gasteiger partial charge on any atom is 0.133 e. The molecule has 2 rings (SSSR count). The lowest BCUT2D eigenvalue weighted by atomic mass is 10.2. The Morgan fingerprint density at radius 1 is 1.24 bits per heavy atom. The molecule has 0 unspecified atom stereocenters. The van der Waals surface area contributed by atoms with E-state index >= 15 is 0 Å². The average molecular weight is 303 g/mol. The van der Waals surface area contributed by atoms with Gasteiger partial charge in [-0.2, -0.15) is 0 Å². The van der Waals surface area contributed by atoms with Gasteiger partial charge in [0, 0.05) is 17.0 Å². The number of anilines is 1. The van der Waals surface area contributed by atoms with Crippen molar-refractivity contribution in [2.75, 3.05) is 19.0 Å². The van der Waals surface area contributed by atoms with Crippen molar-refractivity contribution in [1.82, 2.24) is 9.97 Å². The molecule has 1 N–H and O–H groups in total. The zero-order valence-corrected chi connectivity index (χ0v) is 13.5. The summed E-state index contributed by atoms with van der Waals surface area (Å²) < 4.78 is 5.27. The lowest BCUT2D eigenvalue weighted by Gasteiger charge is -2.13. The first-order chi connectivity index (χ1) is 10.3. The van der Waals surface area contributed by atoms with E-state index in [1.807, 2.05) is 18.2 Å². The summed E-state index contributed by atoms with van der Waals surface area (Å²) in [4.78, 5) is 9.94. The molecule has 1 heterocycles. The number of ether oxygens (including phenoxy) is 1. The Bertz CT molecular complexity index is 589. The van der Waals surface area contributed by atoms with Gasteiger partial charge in [0.15, 0.2) is 0 Å². The molecule has 0 aliphatic rings. The van der Waals surface area contributed by atoms with Crippen LogP contribution in [0.5, 0.6) is 5.75 Å². The highest BCUT2D eigenvalue weighted by Crippen LogP contribution is 2.33. The summed E-state index contributed by atoms with van der Waals surface area (Å²) in [5, 5.41) is 4.33.